The summed E-state index contributed by atoms with van der Waals surface area (Å²) in [6.07, 6.45) is 7.67. The third-order valence-electron chi connectivity index (χ3n) is 3.57. The van der Waals surface area contributed by atoms with Gasteiger partial charge in [-0.3, -0.25) is 0 Å². The molecule has 0 atom stereocenters. The number of hydrogen-bond acceptors (Lipinski definition) is 3. The van der Waals surface area contributed by atoms with Gasteiger partial charge in [-0.2, -0.15) is 0 Å². The van der Waals surface area contributed by atoms with Crippen molar-refractivity contribution in [3.63, 3.8) is 0 Å². The van der Waals surface area contributed by atoms with Gasteiger partial charge in [-0.1, -0.05) is 18.1 Å². The summed E-state index contributed by atoms with van der Waals surface area (Å²) in [7, 11) is 1.72. The van der Waals surface area contributed by atoms with E-state index < -0.39 is 0 Å². The minimum absolute atomic E-state index is 0.669. The van der Waals surface area contributed by atoms with Gasteiger partial charge < -0.3 is 10.1 Å². The van der Waals surface area contributed by atoms with Gasteiger partial charge in [0.05, 0.1) is 12.9 Å². The van der Waals surface area contributed by atoms with Crippen LogP contribution in [0.4, 0.5) is 0 Å². The molecule has 0 amide bonds. The second-order valence-electron chi connectivity index (χ2n) is 4.85. The average Bonchev–Trinajstić information content (AvgIpc) is 2.40. The molecule has 3 heteroatoms. The zero-order valence-corrected chi connectivity index (χ0v) is 12.2. The number of rotatable bonds is 7. The van der Waals surface area contributed by atoms with E-state index in [1.54, 1.807) is 7.11 Å². The number of ether oxygens (including phenoxy) is 1. The molecule has 0 spiro atoms. The Balaban J connectivity index is 1.67. The minimum atomic E-state index is 0.669. The fraction of sp³-hybridized carbons (Fsp3) is 0.500. The molecule has 2 rings (SSSR count). The van der Waals surface area contributed by atoms with Gasteiger partial charge in [0.15, 0.2) is 0 Å². The average molecular weight is 275 g/mol. The van der Waals surface area contributed by atoms with Crippen molar-refractivity contribution in [3.05, 3.63) is 29.8 Å². The highest BCUT2D eigenvalue weighted by atomic mass is 32.2. The highest BCUT2D eigenvalue weighted by Crippen LogP contribution is 2.37. The SMILES string of the molecule is C#CCSCCNC1CC(c2cccc(OC)c2)C1. The Hall–Kier alpha value is -1.11. The van der Waals surface area contributed by atoms with Crippen LogP contribution in [0.2, 0.25) is 0 Å². The van der Waals surface area contributed by atoms with Crippen molar-refractivity contribution >= 4 is 11.8 Å². The molecular weight excluding hydrogens is 254 g/mol. The molecule has 0 aliphatic heterocycles. The van der Waals surface area contributed by atoms with Crippen molar-refractivity contribution in [2.45, 2.75) is 24.8 Å². The summed E-state index contributed by atoms with van der Waals surface area (Å²) in [5.74, 6) is 6.21. The van der Waals surface area contributed by atoms with Crippen LogP contribution in [0.3, 0.4) is 0 Å². The summed E-state index contributed by atoms with van der Waals surface area (Å²) >= 11 is 1.82. The van der Waals surface area contributed by atoms with E-state index >= 15 is 0 Å². The van der Waals surface area contributed by atoms with Crippen molar-refractivity contribution in [2.75, 3.05) is 25.2 Å². The molecule has 1 saturated carbocycles. The first-order valence-corrected chi connectivity index (χ1v) is 7.87. The number of thioether (sulfide) groups is 1. The molecule has 1 aliphatic carbocycles. The van der Waals surface area contributed by atoms with E-state index in [2.05, 4.69) is 29.4 Å². The first-order valence-electron chi connectivity index (χ1n) is 6.72. The molecule has 1 aromatic rings. The Bertz CT molecular complexity index is 435. The third-order valence-corrected chi connectivity index (χ3v) is 4.43. The van der Waals surface area contributed by atoms with Crippen LogP contribution in [0.15, 0.2) is 24.3 Å². The monoisotopic (exact) mass is 275 g/mol. The van der Waals surface area contributed by atoms with Gasteiger partial charge in [0.25, 0.3) is 0 Å². The Morgan fingerprint density at radius 2 is 2.32 bits per heavy atom. The van der Waals surface area contributed by atoms with Gasteiger partial charge in [0.1, 0.15) is 5.75 Å². The van der Waals surface area contributed by atoms with Crippen molar-refractivity contribution in [1.82, 2.24) is 5.32 Å². The van der Waals surface area contributed by atoms with Crippen LogP contribution in [0.1, 0.15) is 24.3 Å². The molecule has 0 unspecified atom stereocenters. The summed E-state index contributed by atoms with van der Waals surface area (Å²) in [5, 5.41) is 3.59. The number of hydrogen-bond donors (Lipinski definition) is 1. The molecule has 19 heavy (non-hydrogen) atoms. The quantitative estimate of drug-likeness (QED) is 0.611. The second kappa shape index (κ2) is 7.47. The number of methoxy groups -OCH3 is 1. The lowest BCUT2D eigenvalue weighted by Gasteiger charge is -2.36. The van der Waals surface area contributed by atoms with Crippen LogP contribution >= 0.6 is 11.8 Å². The summed E-state index contributed by atoms with van der Waals surface area (Å²) in [4.78, 5) is 0. The van der Waals surface area contributed by atoms with Crippen LogP contribution in [-0.4, -0.2) is 31.2 Å². The molecule has 2 nitrogen and oxygen atoms in total. The van der Waals surface area contributed by atoms with Gasteiger partial charge in [-0.15, -0.1) is 18.2 Å². The van der Waals surface area contributed by atoms with E-state index in [9.17, 15) is 0 Å². The summed E-state index contributed by atoms with van der Waals surface area (Å²) < 4.78 is 5.27. The topological polar surface area (TPSA) is 21.3 Å². The van der Waals surface area contributed by atoms with E-state index in [1.807, 2.05) is 17.8 Å². The van der Waals surface area contributed by atoms with E-state index in [4.69, 9.17) is 11.2 Å². The Morgan fingerprint density at radius 1 is 1.47 bits per heavy atom. The van der Waals surface area contributed by atoms with Gasteiger partial charge in [-0.25, -0.2) is 0 Å². The molecule has 102 valence electrons. The van der Waals surface area contributed by atoms with Gasteiger partial charge >= 0.3 is 0 Å². The normalized spacial score (nSPS) is 21.5. The van der Waals surface area contributed by atoms with Gasteiger partial charge in [-0.05, 0) is 36.5 Å². The van der Waals surface area contributed by atoms with E-state index in [-0.39, 0.29) is 0 Å². The third kappa shape index (κ3) is 4.19. The predicted octanol–water partition coefficient (Wildman–Crippen LogP) is 2.90. The largest absolute Gasteiger partial charge is 0.497 e. The maximum atomic E-state index is 5.27. The van der Waals surface area contributed by atoms with E-state index in [1.165, 1.54) is 18.4 Å². The second-order valence-corrected chi connectivity index (χ2v) is 5.96. The Morgan fingerprint density at radius 3 is 3.05 bits per heavy atom. The van der Waals surface area contributed by atoms with E-state index in [0.29, 0.717) is 12.0 Å². The molecule has 0 aromatic heterocycles. The standard InChI is InChI=1S/C16H21NOS/c1-3-8-19-9-7-17-15-10-14(11-15)13-5-4-6-16(12-13)18-2/h1,4-6,12,14-15,17H,7-11H2,2H3. The molecule has 1 N–H and O–H groups in total. The first-order chi connectivity index (χ1) is 9.33. The number of nitrogens with one attached hydrogen (secondary N) is 1. The van der Waals surface area contributed by atoms with Crippen molar-refractivity contribution in [3.8, 4) is 18.1 Å². The lowest BCUT2D eigenvalue weighted by Crippen LogP contribution is -2.41. The van der Waals surface area contributed by atoms with Gasteiger partial charge in [0.2, 0.25) is 0 Å². The highest BCUT2D eigenvalue weighted by molar-refractivity contribution is 7.99. The van der Waals surface area contributed by atoms with Crippen LogP contribution in [-0.2, 0) is 0 Å². The van der Waals surface area contributed by atoms with Crippen LogP contribution < -0.4 is 10.1 Å². The van der Waals surface area contributed by atoms with Crippen molar-refractivity contribution in [1.29, 1.82) is 0 Å². The zero-order chi connectivity index (χ0) is 13.5. The maximum Gasteiger partial charge on any atom is 0.119 e. The lowest BCUT2D eigenvalue weighted by atomic mass is 9.76. The molecule has 1 aliphatic rings. The summed E-state index contributed by atoms with van der Waals surface area (Å²) in [6, 6.07) is 9.10. The molecule has 1 aromatic carbocycles. The van der Waals surface area contributed by atoms with Crippen LogP contribution in [0, 0.1) is 12.3 Å². The van der Waals surface area contributed by atoms with Crippen LogP contribution in [0.5, 0.6) is 5.75 Å². The fourth-order valence-corrected chi connectivity index (χ4v) is 2.94. The minimum Gasteiger partial charge on any atom is -0.497 e. The molecule has 0 radical (unpaired) electrons. The zero-order valence-electron chi connectivity index (χ0n) is 11.4. The maximum absolute atomic E-state index is 5.27. The van der Waals surface area contributed by atoms with E-state index in [0.717, 1.165) is 23.8 Å². The smallest absolute Gasteiger partial charge is 0.119 e. The molecule has 0 bridgehead atoms. The van der Waals surface area contributed by atoms with Gasteiger partial charge in [0, 0.05) is 18.3 Å². The summed E-state index contributed by atoms with van der Waals surface area (Å²) in [6.45, 7) is 1.06. The molecule has 1 fully saturated rings. The predicted molar refractivity (Wildman–Crippen MR) is 82.9 cm³/mol. The first kappa shape index (κ1) is 14.3. The number of benzene rings is 1. The van der Waals surface area contributed by atoms with Crippen molar-refractivity contribution < 1.29 is 4.74 Å². The van der Waals surface area contributed by atoms with Crippen LogP contribution in [0.25, 0.3) is 0 Å². The Labute approximate surface area is 120 Å². The highest BCUT2D eigenvalue weighted by Gasteiger charge is 2.29. The molecule has 0 heterocycles. The number of terminal acetylenes is 1. The fourth-order valence-electron chi connectivity index (χ4n) is 2.42. The van der Waals surface area contributed by atoms with Crippen molar-refractivity contribution in [2.24, 2.45) is 0 Å². The lowest BCUT2D eigenvalue weighted by molar-refractivity contribution is 0.296. The Kier molecular flexibility index (Phi) is 5.62. The summed E-state index contributed by atoms with van der Waals surface area (Å²) in [5.41, 5.74) is 1.40. The molecular formula is C16H21NOS. The molecule has 0 saturated heterocycles.